The van der Waals surface area contributed by atoms with Gasteiger partial charge in [-0.2, -0.15) is 0 Å². The SMILES string of the molecule is C=CCCC(=O)NC[C@H](C)OC(=O)[C@@H]1[C@@H]2CC[C@]3(O2)[C@H](C(=O)N(CC=C)c2ccc(N(CC)CC)cc2)N(CCO)C(=O)[C@@H]13. The Morgan fingerprint density at radius 1 is 1.18 bits per heavy atom. The van der Waals surface area contributed by atoms with Gasteiger partial charge in [-0.05, 0) is 64.3 Å². The molecule has 240 valence electrons. The summed E-state index contributed by atoms with van der Waals surface area (Å²) in [7, 11) is 0. The van der Waals surface area contributed by atoms with Crippen LogP contribution in [0.15, 0.2) is 49.6 Å². The minimum atomic E-state index is -1.22. The Balaban J connectivity index is 1.58. The van der Waals surface area contributed by atoms with Gasteiger partial charge in [0, 0.05) is 44.0 Å². The monoisotopic (exact) mass is 610 g/mol. The Morgan fingerprint density at radius 3 is 2.48 bits per heavy atom. The number of aliphatic hydroxyl groups excluding tert-OH is 1. The van der Waals surface area contributed by atoms with Gasteiger partial charge in [0.1, 0.15) is 17.7 Å². The van der Waals surface area contributed by atoms with Gasteiger partial charge in [-0.25, -0.2) is 0 Å². The number of anilines is 2. The summed E-state index contributed by atoms with van der Waals surface area (Å²) in [6, 6.07) is 6.65. The second-order valence-electron chi connectivity index (χ2n) is 11.6. The summed E-state index contributed by atoms with van der Waals surface area (Å²) >= 11 is 0. The summed E-state index contributed by atoms with van der Waals surface area (Å²) in [6.07, 6.45) is 3.84. The van der Waals surface area contributed by atoms with Crippen LogP contribution in [0.3, 0.4) is 0 Å². The molecule has 2 N–H and O–H groups in total. The first-order valence-electron chi connectivity index (χ1n) is 15.6. The number of allylic oxidation sites excluding steroid dienone is 1. The van der Waals surface area contributed by atoms with E-state index in [0.29, 0.717) is 31.4 Å². The molecule has 3 aliphatic rings. The summed E-state index contributed by atoms with van der Waals surface area (Å²) in [5.74, 6) is -3.32. The van der Waals surface area contributed by atoms with Crippen molar-refractivity contribution in [2.45, 2.75) is 70.3 Å². The van der Waals surface area contributed by atoms with Crippen LogP contribution >= 0.6 is 0 Å². The van der Waals surface area contributed by atoms with E-state index in [1.807, 2.05) is 24.3 Å². The number of β-amino-alcohol motifs (C(OH)–C–C–N with tert-alkyl or cyclic N) is 1. The van der Waals surface area contributed by atoms with E-state index in [-0.39, 0.29) is 38.1 Å². The number of hydrogen-bond acceptors (Lipinski definition) is 8. The number of nitrogens with one attached hydrogen (secondary N) is 1. The van der Waals surface area contributed by atoms with E-state index >= 15 is 0 Å². The normalized spacial score (nSPS) is 25.7. The van der Waals surface area contributed by atoms with Crippen LogP contribution in [0.5, 0.6) is 0 Å². The number of aliphatic hydroxyl groups is 1. The van der Waals surface area contributed by atoms with Crippen LogP contribution in [-0.4, -0.2) is 96.9 Å². The van der Waals surface area contributed by atoms with Crippen molar-refractivity contribution < 1.29 is 33.8 Å². The molecular weight excluding hydrogens is 564 g/mol. The lowest BCUT2D eigenvalue weighted by Gasteiger charge is -2.36. The predicted molar refractivity (Wildman–Crippen MR) is 167 cm³/mol. The molecule has 0 saturated carbocycles. The summed E-state index contributed by atoms with van der Waals surface area (Å²) in [5.41, 5.74) is 0.459. The second-order valence-corrected chi connectivity index (χ2v) is 11.6. The third-order valence-electron chi connectivity index (χ3n) is 8.99. The second kappa shape index (κ2) is 14.4. The molecule has 1 aromatic carbocycles. The van der Waals surface area contributed by atoms with Gasteiger partial charge in [0.2, 0.25) is 11.8 Å². The molecule has 44 heavy (non-hydrogen) atoms. The van der Waals surface area contributed by atoms with Gasteiger partial charge in [0.05, 0.1) is 31.1 Å². The zero-order valence-electron chi connectivity index (χ0n) is 26.1. The highest BCUT2D eigenvalue weighted by Gasteiger charge is 2.75. The molecule has 3 heterocycles. The molecule has 11 heteroatoms. The lowest BCUT2D eigenvalue weighted by Crippen LogP contribution is -2.56. The number of benzene rings is 1. The van der Waals surface area contributed by atoms with Crippen LogP contribution in [-0.2, 0) is 28.7 Å². The van der Waals surface area contributed by atoms with Gasteiger partial charge in [-0.1, -0.05) is 12.2 Å². The number of rotatable bonds is 16. The highest BCUT2D eigenvalue weighted by molar-refractivity contribution is 6.04. The number of esters is 1. The number of carbonyl (C=O) groups is 4. The number of hydrogen-bond donors (Lipinski definition) is 2. The van der Waals surface area contributed by atoms with E-state index in [1.54, 1.807) is 24.0 Å². The zero-order valence-corrected chi connectivity index (χ0v) is 26.1. The van der Waals surface area contributed by atoms with Crippen molar-refractivity contribution in [3.8, 4) is 0 Å². The molecule has 3 saturated heterocycles. The van der Waals surface area contributed by atoms with Crippen LogP contribution in [0.25, 0.3) is 0 Å². The Bertz CT molecular complexity index is 1230. The van der Waals surface area contributed by atoms with Crippen LogP contribution in [0.4, 0.5) is 11.4 Å². The molecule has 0 radical (unpaired) electrons. The largest absolute Gasteiger partial charge is 0.460 e. The summed E-state index contributed by atoms with van der Waals surface area (Å²) in [5, 5.41) is 12.6. The Morgan fingerprint density at radius 2 is 1.86 bits per heavy atom. The standard InChI is InChI=1S/C33H46N4O7/c1-6-10-11-26(39)34-21-22(5)43-32(42)27-25-16-17-33(44-25)28(27)30(40)37(19-20-38)29(33)31(41)36(18-7-2)24-14-12-23(13-15-24)35(8-3)9-4/h6-7,12-15,22,25,27-29,38H,1-2,8-11,16-21H2,3-5H3,(H,34,39)/t22-,25-,27+,28+,29-,33+/m0/s1. The molecular formula is C33H46N4O7. The summed E-state index contributed by atoms with van der Waals surface area (Å²) in [4.78, 5) is 59.1. The van der Waals surface area contributed by atoms with Gasteiger partial charge in [0.25, 0.3) is 5.91 Å². The van der Waals surface area contributed by atoms with E-state index in [4.69, 9.17) is 9.47 Å². The smallest absolute Gasteiger partial charge is 0.312 e. The van der Waals surface area contributed by atoms with Gasteiger partial charge in [0.15, 0.2) is 0 Å². The average molecular weight is 611 g/mol. The Labute approximate surface area is 259 Å². The van der Waals surface area contributed by atoms with Crippen molar-refractivity contribution in [1.29, 1.82) is 0 Å². The molecule has 2 bridgehead atoms. The van der Waals surface area contributed by atoms with Crippen molar-refractivity contribution in [3.63, 3.8) is 0 Å². The van der Waals surface area contributed by atoms with Crippen molar-refractivity contribution in [2.75, 3.05) is 49.1 Å². The highest BCUT2D eigenvalue weighted by Crippen LogP contribution is 2.58. The maximum Gasteiger partial charge on any atom is 0.312 e. The molecule has 0 unspecified atom stereocenters. The van der Waals surface area contributed by atoms with Crippen LogP contribution in [0, 0.1) is 11.8 Å². The Kier molecular flexibility index (Phi) is 10.9. The molecule has 3 fully saturated rings. The first kappa shape index (κ1) is 33.2. The number of likely N-dealkylation sites (tertiary alicyclic amines) is 1. The molecule has 3 aliphatic heterocycles. The lowest BCUT2D eigenvalue weighted by molar-refractivity contribution is -0.159. The van der Waals surface area contributed by atoms with Crippen LogP contribution < -0.4 is 15.1 Å². The van der Waals surface area contributed by atoms with Crippen molar-refractivity contribution >= 4 is 35.1 Å². The number of fused-ring (bicyclic) bond motifs is 1. The van der Waals surface area contributed by atoms with E-state index in [0.717, 1.165) is 18.8 Å². The molecule has 3 amide bonds. The third kappa shape index (κ3) is 6.25. The fraction of sp³-hybridized carbons (Fsp3) is 0.576. The Hall–Kier alpha value is -3.70. The minimum absolute atomic E-state index is 0.0702. The molecule has 6 atom stereocenters. The van der Waals surface area contributed by atoms with Crippen molar-refractivity contribution in [1.82, 2.24) is 10.2 Å². The molecule has 11 nitrogen and oxygen atoms in total. The fourth-order valence-electron chi connectivity index (χ4n) is 6.98. The third-order valence-corrected chi connectivity index (χ3v) is 8.99. The lowest BCUT2D eigenvalue weighted by atomic mass is 9.70. The summed E-state index contributed by atoms with van der Waals surface area (Å²) < 4.78 is 12.2. The van der Waals surface area contributed by atoms with Gasteiger partial charge >= 0.3 is 5.97 Å². The molecule has 4 rings (SSSR count). The van der Waals surface area contributed by atoms with Crippen molar-refractivity contribution in [3.05, 3.63) is 49.6 Å². The number of amides is 3. The van der Waals surface area contributed by atoms with E-state index < -0.39 is 47.6 Å². The fourth-order valence-corrected chi connectivity index (χ4v) is 6.98. The highest BCUT2D eigenvalue weighted by atomic mass is 16.6. The van der Waals surface area contributed by atoms with E-state index in [9.17, 15) is 24.3 Å². The van der Waals surface area contributed by atoms with Crippen molar-refractivity contribution in [2.24, 2.45) is 11.8 Å². The maximum absolute atomic E-state index is 14.5. The summed E-state index contributed by atoms with van der Waals surface area (Å²) in [6.45, 7) is 14.9. The van der Waals surface area contributed by atoms with E-state index in [1.165, 1.54) is 4.90 Å². The topological polar surface area (TPSA) is 129 Å². The average Bonchev–Trinajstić information content (AvgIpc) is 3.66. The molecule has 0 aliphatic carbocycles. The molecule has 1 spiro atoms. The predicted octanol–water partition coefficient (Wildman–Crippen LogP) is 2.43. The molecule has 1 aromatic rings. The first-order chi connectivity index (χ1) is 21.2. The first-order valence-corrected chi connectivity index (χ1v) is 15.6. The van der Waals surface area contributed by atoms with Gasteiger partial charge in [-0.3, -0.25) is 19.2 Å². The van der Waals surface area contributed by atoms with Gasteiger partial charge in [-0.15, -0.1) is 13.2 Å². The maximum atomic E-state index is 14.5. The van der Waals surface area contributed by atoms with E-state index in [2.05, 4.69) is 37.2 Å². The number of carbonyl (C=O) groups excluding carboxylic acids is 4. The van der Waals surface area contributed by atoms with Gasteiger partial charge < -0.3 is 34.6 Å². The minimum Gasteiger partial charge on any atom is -0.460 e. The molecule has 0 aromatic heterocycles. The number of ether oxygens (including phenoxy) is 2. The quantitative estimate of drug-likeness (QED) is 0.216. The van der Waals surface area contributed by atoms with Crippen LogP contribution in [0.1, 0.15) is 46.5 Å². The number of nitrogens with zero attached hydrogens (tertiary/aromatic N) is 3. The zero-order chi connectivity index (χ0) is 32.0. The van der Waals surface area contributed by atoms with Crippen LogP contribution in [0.2, 0.25) is 0 Å².